The van der Waals surface area contributed by atoms with Gasteiger partial charge in [-0.15, -0.1) is 0 Å². The first-order chi connectivity index (χ1) is 6.48. The minimum atomic E-state index is 0.567. The Morgan fingerprint density at radius 2 is 1.43 bits per heavy atom. The Bertz CT molecular complexity index is 232. The zero-order valence-electron chi connectivity index (χ0n) is 10.0. The molecule has 80 valence electrons. The molecule has 0 aliphatic heterocycles. The lowest BCUT2D eigenvalue weighted by atomic mass is 9.76. The van der Waals surface area contributed by atoms with Gasteiger partial charge in [-0.3, -0.25) is 0 Å². The zero-order chi connectivity index (χ0) is 10.0. The van der Waals surface area contributed by atoms with Gasteiger partial charge in [-0.1, -0.05) is 33.6 Å². The summed E-state index contributed by atoms with van der Waals surface area (Å²) in [6, 6.07) is 0. The standard InChI is InChI=1S/C14H24/c1-12(2,3)11-8-13-6-4-5-7-14(13,9-11)10-13/h11H,4-10H2,1-3H3. The van der Waals surface area contributed by atoms with Crippen LogP contribution in [0.5, 0.6) is 0 Å². The molecule has 2 atom stereocenters. The van der Waals surface area contributed by atoms with Crippen molar-refractivity contribution in [1.82, 2.24) is 0 Å². The van der Waals surface area contributed by atoms with E-state index in [0.29, 0.717) is 5.41 Å². The fourth-order valence-corrected chi connectivity index (χ4v) is 4.65. The summed E-state index contributed by atoms with van der Waals surface area (Å²) in [6.07, 6.45) is 10.9. The van der Waals surface area contributed by atoms with E-state index in [-0.39, 0.29) is 0 Å². The molecule has 0 heterocycles. The third-order valence-electron chi connectivity index (χ3n) is 5.74. The van der Waals surface area contributed by atoms with Gasteiger partial charge in [0, 0.05) is 0 Å². The largest absolute Gasteiger partial charge is 0.0599 e. The molecular weight excluding hydrogens is 168 g/mol. The molecule has 0 aromatic rings. The molecule has 3 aliphatic carbocycles. The second-order valence-electron chi connectivity index (χ2n) is 7.42. The fourth-order valence-electron chi connectivity index (χ4n) is 4.65. The third-order valence-corrected chi connectivity index (χ3v) is 5.74. The molecule has 0 N–H and O–H groups in total. The van der Waals surface area contributed by atoms with Gasteiger partial charge in [-0.25, -0.2) is 0 Å². The van der Waals surface area contributed by atoms with E-state index >= 15 is 0 Å². The van der Waals surface area contributed by atoms with Crippen molar-refractivity contribution in [1.29, 1.82) is 0 Å². The molecule has 0 aromatic heterocycles. The topological polar surface area (TPSA) is 0 Å². The van der Waals surface area contributed by atoms with E-state index in [2.05, 4.69) is 20.8 Å². The van der Waals surface area contributed by atoms with Crippen molar-refractivity contribution in [2.45, 2.75) is 65.7 Å². The SMILES string of the molecule is CC(C)(C)C1CC23CCCCC2(C1)C3. The molecule has 0 nitrogen and oxygen atoms in total. The Morgan fingerprint density at radius 1 is 0.929 bits per heavy atom. The Hall–Kier alpha value is 0. The molecule has 0 aromatic carbocycles. The minimum Gasteiger partial charge on any atom is -0.0599 e. The first-order valence-electron chi connectivity index (χ1n) is 6.48. The lowest BCUT2D eigenvalue weighted by Crippen LogP contribution is -2.20. The Kier molecular flexibility index (Phi) is 1.58. The Morgan fingerprint density at radius 3 is 1.86 bits per heavy atom. The molecule has 3 rings (SSSR count). The first kappa shape index (κ1) is 9.24. The van der Waals surface area contributed by atoms with Crippen LogP contribution < -0.4 is 0 Å². The first-order valence-corrected chi connectivity index (χ1v) is 6.48. The molecule has 0 saturated heterocycles. The average molecular weight is 192 g/mol. The molecule has 0 heteroatoms. The monoisotopic (exact) mass is 192 g/mol. The average Bonchev–Trinajstić information content (AvgIpc) is 2.60. The fraction of sp³-hybridized carbons (Fsp3) is 1.00. The van der Waals surface area contributed by atoms with Crippen LogP contribution in [0.25, 0.3) is 0 Å². The summed E-state index contributed by atoms with van der Waals surface area (Å²) < 4.78 is 0. The van der Waals surface area contributed by atoms with Gasteiger partial charge >= 0.3 is 0 Å². The van der Waals surface area contributed by atoms with Gasteiger partial charge in [0.25, 0.3) is 0 Å². The van der Waals surface area contributed by atoms with E-state index in [0.717, 1.165) is 16.7 Å². The normalized spacial score (nSPS) is 51.2. The molecule has 3 fully saturated rings. The number of hydrogen-bond acceptors (Lipinski definition) is 0. The third kappa shape index (κ3) is 1.01. The molecule has 0 amide bonds. The molecule has 0 spiro atoms. The van der Waals surface area contributed by atoms with E-state index in [9.17, 15) is 0 Å². The van der Waals surface area contributed by atoms with Crippen LogP contribution in [0.15, 0.2) is 0 Å². The molecule has 0 radical (unpaired) electrons. The van der Waals surface area contributed by atoms with Crippen molar-refractivity contribution >= 4 is 0 Å². The summed E-state index contributed by atoms with van der Waals surface area (Å²) >= 11 is 0. The smallest absolute Gasteiger partial charge is 0.0232 e. The Labute approximate surface area is 88.5 Å². The van der Waals surface area contributed by atoms with Crippen molar-refractivity contribution in [2.24, 2.45) is 22.2 Å². The highest BCUT2D eigenvalue weighted by atomic mass is 14.8. The van der Waals surface area contributed by atoms with Crippen molar-refractivity contribution in [3.8, 4) is 0 Å². The highest BCUT2D eigenvalue weighted by Crippen LogP contribution is 2.81. The van der Waals surface area contributed by atoms with Crippen molar-refractivity contribution in [2.75, 3.05) is 0 Å². The van der Waals surface area contributed by atoms with Gasteiger partial charge in [0.2, 0.25) is 0 Å². The molecule has 2 unspecified atom stereocenters. The van der Waals surface area contributed by atoms with Gasteiger partial charge in [-0.05, 0) is 54.3 Å². The highest BCUT2D eigenvalue weighted by Gasteiger charge is 2.72. The lowest BCUT2D eigenvalue weighted by Gasteiger charge is -2.29. The predicted molar refractivity (Wildman–Crippen MR) is 60.1 cm³/mol. The maximum Gasteiger partial charge on any atom is -0.0232 e. The molecule has 3 aliphatic rings. The molecule has 3 saturated carbocycles. The van der Waals surface area contributed by atoms with Crippen LogP contribution >= 0.6 is 0 Å². The second kappa shape index (κ2) is 2.39. The predicted octanol–water partition coefficient (Wildman–Crippen LogP) is 4.39. The zero-order valence-corrected chi connectivity index (χ0v) is 10.0. The molecule has 14 heavy (non-hydrogen) atoms. The summed E-state index contributed by atoms with van der Waals surface area (Å²) in [5, 5.41) is 0. The minimum absolute atomic E-state index is 0.567. The summed E-state index contributed by atoms with van der Waals surface area (Å²) in [7, 11) is 0. The maximum atomic E-state index is 2.45. The van der Waals surface area contributed by atoms with Gasteiger partial charge in [0.15, 0.2) is 0 Å². The quantitative estimate of drug-likeness (QED) is 0.534. The van der Waals surface area contributed by atoms with Crippen molar-refractivity contribution in [3.05, 3.63) is 0 Å². The van der Waals surface area contributed by atoms with E-state index in [1.54, 1.807) is 32.1 Å². The number of rotatable bonds is 0. The van der Waals surface area contributed by atoms with Crippen LogP contribution in [-0.4, -0.2) is 0 Å². The van der Waals surface area contributed by atoms with Crippen LogP contribution in [0.4, 0.5) is 0 Å². The van der Waals surface area contributed by atoms with Crippen molar-refractivity contribution in [3.63, 3.8) is 0 Å². The van der Waals surface area contributed by atoms with Crippen LogP contribution in [-0.2, 0) is 0 Å². The summed E-state index contributed by atoms with van der Waals surface area (Å²) in [6.45, 7) is 7.34. The van der Waals surface area contributed by atoms with Crippen molar-refractivity contribution < 1.29 is 0 Å². The highest BCUT2D eigenvalue weighted by molar-refractivity contribution is 5.21. The van der Waals surface area contributed by atoms with Gasteiger partial charge < -0.3 is 0 Å². The number of hydrogen-bond donors (Lipinski definition) is 0. The maximum absolute atomic E-state index is 2.45. The van der Waals surface area contributed by atoms with E-state index < -0.39 is 0 Å². The van der Waals surface area contributed by atoms with E-state index in [4.69, 9.17) is 0 Å². The van der Waals surface area contributed by atoms with Crippen LogP contribution in [0.3, 0.4) is 0 Å². The molecular formula is C14H24. The van der Waals surface area contributed by atoms with E-state index in [1.807, 2.05) is 0 Å². The van der Waals surface area contributed by atoms with Gasteiger partial charge in [0.05, 0.1) is 0 Å². The Balaban J connectivity index is 1.82. The molecule has 0 bridgehead atoms. The van der Waals surface area contributed by atoms with Gasteiger partial charge in [-0.2, -0.15) is 0 Å². The van der Waals surface area contributed by atoms with Crippen LogP contribution in [0, 0.1) is 22.2 Å². The van der Waals surface area contributed by atoms with E-state index in [1.165, 1.54) is 12.8 Å². The summed E-state index contributed by atoms with van der Waals surface area (Å²) in [4.78, 5) is 0. The van der Waals surface area contributed by atoms with Gasteiger partial charge in [0.1, 0.15) is 0 Å². The second-order valence-corrected chi connectivity index (χ2v) is 7.42. The van der Waals surface area contributed by atoms with Crippen LogP contribution in [0.2, 0.25) is 0 Å². The summed E-state index contributed by atoms with van der Waals surface area (Å²) in [5.74, 6) is 1.02. The summed E-state index contributed by atoms with van der Waals surface area (Å²) in [5.41, 5.74) is 2.30. The lowest BCUT2D eigenvalue weighted by molar-refractivity contribution is 0.208. The van der Waals surface area contributed by atoms with Crippen LogP contribution in [0.1, 0.15) is 65.7 Å².